The largest absolute Gasteiger partial charge is 0.351 e. The maximum Gasteiger partial charge on any atom is 0.254 e. The monoisotopic (exact) mass is 365 g/mol. The zero-order chi connectivity index (χ0) is 17.1. The van der Waals surface area contributed by atoms with Crippen LogP contribution in [0.2, 0.25) is 0 Å². The van der Waals surface area contributed by atoms with Crippen LogP contribution >= 0.6 is 12.4 Å². The molecular weight excluding hydrogens is 338 g/mol. The van der Waals surface area contributed by atoms with Gasteiger partial charge in [0.15, 0.2) is 0 Å². The van der Waals surface area contributed by atoms with Crippen molar-refractivity contribution in [2.45, 2.75) is 57.2 Å². The Balaban J connectivity index is 0.00000225. The first-order chi connectivity index (χ1) is 11.6. The number of amides is 2. The third-order valence-electron chi connectivity index (χ3n) is 5.39. The van der Waals surface area contributed by atoms with E-state index in [0.29, 0.717) is 18.0 Å². The van der Waals surface area contributed by atoms with Crippen LogP contribution in [0.1, 0.15) is 49.4 Å². The summed E-state index contributed by atoms with van der Waals surface area (Å²) < 4.78 is 0. The minimum atomic E-state index is -0.375. The molecule has 3 rings (SSSR count). The molecule has 3 unspecified atom stereocenters. The minimum Gasteiger partial charge on any atom is -0.351 e. The fraction of sp³-hybridized carbons (Fsp3) is 0.579. The van der Waals surface area contributed by atoms with Crippen LogP contribution in [0.15, 0.2) is 30.3 Å². The molecule has 25 heavy (non-hydrogen) atoms. The van der Waals surface area contributed by atoms with E-state index in [-0.39, 0.29) is 42.3 Å². The van der Waals surface area contributed by atoms with Crippen molar-refractivity contribution in [3.8, 4) is 0 Å². The Labute approximate surface area is 155 Å². The third-order valence-corrected chi connectivity index (χ3v) is 5.39. The van der Waals surface area contributed by atoms with E-state index in [4.69, 9.17) is 5.73 Å². The van der Waals surface area contributed by atoms with E-state index >= 15 is 0 Å². The van der Waals surface area contributed by atoms with Crippen LogP contribution in [-0.2, 0) is 4.79 Å². The molecule has 3 N–H and O–H groups in total. The van der Waals surface area contributed by atoms with Crippen molar-refractivity contribution >= 4 is 24.2 Å². The molecule has 1 aromatic rings. The molecule has 1 aromatic carbocycles. The number of hydrogen-bond donors (Lipinski definition) is 2. The predicted octanol–water partition coefficient (Wildman–Crippen LogP) is 2.35. The first-order valence-electron chi connectivity index (χ1n) is 9.00. The second-order valence-corrected chi connectivity index (χ2v) is 7.09. The zero-order valence-electron chi connectivity index (χ0n) is 14.7. The predicted molar refractivity (Wildman–Crippen MR) is 101 cm³/mol. The van der Waals surface area contributed by atoms with Crippen molar-refractivity contribution in [1.82, 2.24) is 10.2 Å². The highest BCUT2D eigenvalue weighted by atomic mass is 35.5. The van der Waals surface area contributed by atoms with E-state index in [0.717, 1.165) is 25.7 Å². The summed E-state index contributed by atoms with van der Waals surface area (Å²) >= 11 is 0. The fourth-order valence-electron chi connectivity index (χ4n) is 4.11. The number of hydrogen-bond acceptors (Lipinski definition) is 3. The molecule has 5 nitrogen and oxygen atoms in total. The normalized spacial score (nSPS) is 26.3. The lowest BCUT2D eigenvalue weighted by atomic mass is 9.84. The lowest BCUT2D eigenvalue weighted by Crippen LogP contribution is -2.52. The molecule has 6 heteroatoms. The number of rotatable bonds is 4. The molecule has 0 spiro atoms. The number of carbonyl (C=O) groups excluding carboxylic acids is 2. The van der Waals surface area contributed by atoms with Crippen LogP contribution in [0.3, 0.4) is 0 Å². The van der Waals surface area contributed by atoms with Crippen molar-refractivity contribution in [2.75, 3.05) is 6.54 Å². The summed E-state index contributed by atoms with van der Waals surface area (Å²) in [4.78, 5) is 27.7. The maximum atomic E-state index is 13.1. The molecule has 0 aromatic heterocycles. The molecule has 0 bridgehead atoms. The first kappa shape index (κ1) is 19.7. The van der Waals surface area contributed by atoms with Crippen LogP contribution in [-0.4, -0.2) is 41.4 Å². The Hall–Kier alpha value is -1.59. The molecule has 2 fully saturated rings. The summed E-state index contributed by atoms with van der Waals surface area (Å²) in [6.45, 7) is 2.29. The smallest absolute Gasteiger partial charge is 0.254 e. The van der Waals surface area contributed by atoms with E-state index in [9.17, 15) is 9.59 Å². The van der Waals surface area contributed by atoms with Crippen LogP contribution < -0.4 is 11.1 Å². The Kier molecular flexibility index (Phi) is 6.85. The Bertz CT molecular complexity index is 596. The Morgan fingerprint density at radius 2 is 1.92 bits per heavy atom. The third kappa shape index (κ3) is 4.15. The Morgan fingerprint density at radius 1 is 1.24 bits per heavy atom. The highest BCUT2D eigenvalue weighted by Crippen LogP contribution is 2.40. The zero-order valence-corrected chi connectivity index (χ0v) is 15.5. The lowest BCUT2D eigenvalue weighted by Gasteiger charge is -2.34. The summed E-state index contributed by atoms with van der Waals surface area (Å²) in [5.41, 5.74) is 6.29. The van der Waals surface area contributed by atoms with Gasteiger partial charge < -0.3 is 16.0 Å². The number of nitrogens with one attached hydrogen (secondary N) is 1. The van der Waals surface area contributed by atoms with Crippen LogP contribution in [0, 0.1) is 5.92 Å². The fourth-order valence-corrected chi connectivity index (χ4v) is 4.11. The second kappa shape index (κ2) is 8.68. The van der Waals surface area contributed by atoms with Gasteiger partial charge in [0.2, 0.25) is 5.91 Å². The molecule has 4 atom stereocenters. The van der Waals surface area contributed by atoms with Gasteiger partial charge in [0, 0.05) is 24.2 Å². The summed E-state index contributed by atoms with van der Waals surface area (Å²) in [6, 6.07) is 9.04. The van der Waals surface area contributed by atoms with Crippen LogP contribution in [0.5, 0.6) is 0 Å². The van der Waals surface area contributed by atoms with Gasteiger partial charge in [-0.2, -0.15) is 0 Å². The highest BCUT2D eigenvalue weighted by molar-refractivity contribution is 5.98. The van der Waals surface area contributed by atoms with Gasteiger partial charge in [-0.05, 0) is 44.2 Å². The molecule has 138 valence electrons. The summed E-state index contributed by atoms with van der Waals surface area (Å²) in [5, 5.41) is 2.96. The topological polar surface area (TPSA) is 75.4 Å². The van der Waals surface area contributed by atoms with Gasteiger partial charge in [0.05, 0.1) is 0 Å². The maximum absolute atomic E-state index is 13.1. The molecule has 1 heterocycles. The molecule has 2 aliphatic rings. The van der Waals surface area contributed by atoms with Crippen molar-refractivity contribution in [3.63, 3.8) is 0 Å². The van der Waals surface area contributed by atoms with Crippen molar-refractivity contribution in [1.29, 1.82) is 0 Å². The van der Waals surface area contributed by atoms with Gasteiger partial charge in [0.25, 0.3) is 5.91 Å². The second-order valence-electron chi connectivity index (χ2n) is 7.09. The lowest BCUT2D eigenvalue weighted by molar-refractivity contribution is -0.125. The average molecular weight is 366 g/mol. The summed E-state index contributed by atoms with van der Waals surface area (Å²) in [5.74, 6) is 0.354. The van der Waals surface area contributed by atoms with E-state index < -0.39 is 0 Å². The van der Waals surface area contributed by atoms with Gasteiger partial charge >= 0.3 is 0 Å². The van der Waals surface area contributed by atoms with Crippen LogP contribution in [0.25, 0.3) is 0 Å². The van der Waals surface area contributed by atoms with Crippen molar-refractivity contribution in [2.24, 2.45) is 11.7 Å². The minimum absolute atomic E-state index is 0. The van der Waals surface area contributed by atoms with E-state index in [1.54, 1.807) is 0 Å². The van der Waals surface area contributed by atoms with E-state index in [1.807, 2.05) is 42.2 Å². The molecule has 1 aliphatic carbocycles. The molecular formula is C19H28ClN3O2. The first-order valence-corrected chi connectivity index (χ1v) is 9.00. The van der Waals surface area contributed by atoms with Gasteiger partial charge in [-0.25, -0.2) is 0 Å². The van der Waals surface area contributed by atoms with Gasteiger partial charge in [-0.15, -0.1) is 12.4 Å². The van der Waals surface area contributed by atoms with Crippen LogP contribution in [0.4, 0.5) is 0 Å². The average Bonchev–Trinajstić information content (AvgIpc) is 3.01. The number of nitrogens with zero attached hydrogens (tertiary/aromatic N) is 1. The van der Waals surface area contributed by atoms with E-state index in [2.05, 4.69) is 5.32 Å². The number of benzene rings is 1. The summed E-state index contributed by atoms with van der Waals surface area (Å²) in [7, 11) is 0. The Morgan fingerprint density at radius 3 is 2.60 bits per heavy atom. The van der Waals surface area contributed by atoms with Crippen molar-refractivity contribution in [3.05, 3.63) is 35.9 Å². The molecule has 2 amide bonds. The standard InChI is InChI=1S/C19H27N3O2.ClH/c1-13(12-20)21-18(23)17-11-15-9-5-6-10-16(15)22(17)19(24)14-7-3-2-4-8-14;/h2-4,7-8,13,15-17H,5-6,9-12,20H2,1H3,(H,21,23);1H/t13-,15?,16?,17?;/m0./s1. The number of halogens is 1. The summed E-state index contributed by atoms with van der Waals surface area (Å²) in [6.07, 6.45) is 5.21. The number of carbonyl (C=O) groups is 2. The number of likely N-dealkylation sites (tertiary alicyclic amines) is 1. The number of fused-ring (bicyclic) bond motifs is 1. The van der Waals surface area contributed by atoms with Gasteiger partial charge in [-0.3, -0.25) is 9.59 Å². The molecule has 1 saturated heterocycles. The molecule has 1 saturated carbocycles. The van der Waals surface area contributed by atoms with E-state index in [1.165, 1.54) is 6.42 Å². The number of nitrogens with two attached hydrogens (primary N) is 1. The molecule has 1 aliphatic heterocycles. The molecule has 0 radical (unpaired) electrons. The van der Waals surface area contributed by atoms with Gasteiger partial charge in [-0.1, -0.05) is 31.0 Å². The van der Waals surface area contributed by atoms with Crippen molar-refractivity contribution < 1.29 is 9.59 Å². The van der Waals surface area contributed by atoms with Gasteiger partial charge in [0.1, 0.15) is 6.04 Å². The quantitative estimate of drug-likeness (QED) is 0.859. The highest BCUT2D eigenvalue weighted by Gasteiger charge is 2.47. The SMILES string of the molecule is C[C@@H](CN)NC(=O)C1CC2CCCCC2N1C(=O)c1ccccc1.Cl.